The SMILES string of the molecule is CC(NC(=O)CN1CCN(CC(=O)Nc2ccc(F)cc2)CC1)c1ccccc1. The number of anilines is 1. The fraction of sp³-hybridized carbons (Fsp3) is 0.364. The van der Waals surface area contributed by atoms with Crippen LogP contribution in [-0.2, 0) is 9.59 Å². The number of carbonyl (C=O) groups is 2. The van der Waals surface area contributed by atoms with Crippen molar-refractivity contribution < 1.29 is 14.0 Å². The average Bonchev–Trinajstić information content (AvgIpc) is 2.72. The summed E-state index contributed by atoms with van der Waals surface area (Å²) in [6.07, 6.45) is 0. The molecule has 6 nitrogen and oxygen atoms in total. The molecule has 1 aliphatic rings. The van der Waals surface area contributed by atoms with Gasteiger partial charge in [-0.15, -0.1) is 0 Å². The number of halogens is 1. The van der Waals surface area contributed by atoms with E-state index >= 15 is 0 Å². The van der Waals surface area contributed by atoms with Crippen LogP contribution in [0.15, 0.2) is 54.6 Å². The van der Waals surface area contributed by atoms with Gasteiger partial charge in [0, 0.05) is 31.9 Å². The minimum atomic E-state index is -0.332. The van der Waals surface area contributed by atoms with Crippen molar-refractivity contribution >= 4 is 17.5 Å². The Morgan fingerprint density at radius 3 is 2.03 bits per heavy atom. The van der Waals surface area contributed by atoms with E-state index in [-0.39, 0.29) is 30.2 Å². The molecule has 154 valence electrons. The van der Waals surface area contributed by atoms with Crippen molar-refractivity contribution in [1.82, 2.24) is 15.1 Å². The summed E-state index contributed by atoms with van der Waals surface area (Å²) in [5.74, 6) is -0.454. The number of hydrogen-bond donors (Lipinski definition) is 2. The number of amides is 2. The fourth-order valence-corrected chi connectivity index (χ4v) is 3.36. The van der Waals surface area contributed by atoms with Crippen LogP contribution >= 0.6 is 0 Å². The van der Waals surface area contributed by atoms with Crippen molar-refractivity contribution in [3.63, 3.8) is 0 Å². The minimum Gasteiger partial charge on any atom is -0.348 e. The molecule has 1 aliphatic heterocycles. The van der Waals surface area contributed by atoms with Crippen molar-refractivity contribution in [2.45, 2.75) is 13.0 Å². The standard InChI is InChI=1S/C22H27FN4O2/c1-17(18-5-3-2-4-6-18)24-21(28)15-26-11-13-27(14-12-26)16-22(29)25-20-9-7-19(23)8-10-20/h2-10,17H,11-16H2,1H3,(H,24,28)(H,25,29). The van der Waals surface area contributed by atoms with Crippen LogP contribution in [-0.4, -0.2) is 60.9 Å². The third-order valence-electron chi connectivity index (χ3n) is 5.00. The lowest BCUT2D eigenvalue weighted by molar-refractivity contribution is -0.124. The molecule has 2 aromatic carbocycles. The first-order valence-electron chi connectivity index (χ1n) is 9.84. The predicted molar refractivity (Wildman–Crippen MR) is 111 cm³/mol. The van der Waals surface area contributed by atoms with Gasteiger partial charge >= 0.3 is 0 Å². The van der Waals surface area contributed by atoms with E-state index in [1.165, 1.54) is 12.1 Å². The maximum absolute atomic E-state index is 12.9. The van der Waals surface area contributed by atoms with Crippen LogP contribution in [0.5, 0.6) is 0 Å². The van der Waals surface area contributed by atoms with Crippen LogP contribution in [0.1, 0.15) is 18.5 Å². The number of piperazine rings is 1. The van der Waals surface area contributed by atoms with Crippen LogP contribution in [0.3, 0.4) is 0 Å². The molecule has 2 amide bonds. The van der Waals surface area contributed by atoms with Gasteiger partial charge in [-0.1, -0.05) is 30.3 Å². The summed E-state index contributed by atoms with van der Waals surface area (Å²) >= 11 is 0. The van der Waals surface area contributed by atoms with Gasteiger partial charge < -0.3 is 10.6 Å². The Labute approximate surface area is 170 Å². The smallest absolute Gasteiger partial charge is 0.238 e. The number of nitrogens with one attached hydrogen (secondary N) is 2. The molecule has 0 spiro atoms. The van der Waals surface area contributed by atoms with Crippen molar-refractivity contribution in [3.8, 4) is 0 Å². The maximum Gasteiger partial charge on any atom is 0.238 e. The fourth-order valence-electron chi connectivity index (χ4n) is 3.36. The third-order valence-corrected chi connectivity index (χ3v) is 5.00. The summed E-state index contributed by atoms with van der Waals surface area (Å²) < 4.78 is 12.9. The molecule has 3 rings (SSSR count). The second-order valence-corrected chi connectivity index (χ2v) is 7.31. The molecule has 1 atom stereocenters. The predicted octanol–water partition coefficient (Wildman–Crippen LogP) is 2.26. The molecule has 1 heterocycles. The summed E-state index contributed by atoms with van der Waals surface area (Å²) in [7, 11) is 0. The largest absolute Gasteiger partial charge is 0.348 e. The number of benzene rings is 2. The molecule has 0 aliphatic carbocycles. The number of nitrogens with zero attached hydrogens (tertiary/aromatic N) is 2. The van der Waals surface area contributed by atoms with Crippen molar-refractivity contribution in [2.75, 3.05) is 44.6 Å². The Morgan fingerprint density at radius 2 is 1.45 bits per heavy atom. The Hall–Kier alpha value is -2.77. The molecule has 7 heteroatoms. The lowest BCUT2D eigenvalue weighted by atomic mass is 10.1. The first kappa shape index (κ1) is 21.0. The zero-order valence-electron chi connectivity index (χ0n) is 16.6. The molecular formula is C22H27FN4O2. The van der Waals surface area contributed by atoms with Crippen LogP contribution in [0.4, 0.5) is 10.1 Å². The van der Waals surface area contributed by atoms with E-state index in [4.69, 9.17) is 0 Å². The average molecular weight is 398 g/mol. The van der Waals surface area contributed by atoms with Gasteiger partial charge in [0.25, 0.3) is 0 Å². The monoisotopic (exact) mass is 398 g/mol. The highest BCUT2D eigenvalue weighted by atomic mass is 19.1. The van der Waals surface area contributed by atoms with Gasteiger partial charge in [0.05, 0.1) is 19.1 Å². The van der Waals surface area contributed by atoms with Gasteiger partial charge in [-0.3, -0.25) is 19.4 Å². The Kier molecular flexibility index (Phi) is 7.32. The van der Waals surface area contributed by atoms with Gasteiger partial charge in [-0.05, 0) is 36.8 Å². The number of carbonyl (C=O) groups excluding carboxylic acids is 2. The van der Waals surface area contributed by atoms with E-state index in [1.54, 1.807) is 12.1 Å². The van der Waals surface area contributed by atoms with E-state index in [0.29, 0.717) is 12.2 Å². The zero-order chi connectivity index (χ0) is 20.6. The van der Waals surface area contributed by atoms with E-state index in [0.717, 1.165) is 31.7 Å². The van der Waals surface area contributed by atoms with Gasteiger partial charge in [-0.25, -0.2) is 4.39 Å². The van der Waals surface area contributed by atoms with E-state index in [1.807, 2.05) is 37.3 Å². The Morgan fingerprint density at radius 1 is 0.897 bits per heavy atom. The molecule has 0 bridgehead atoms. The summed E-state index contributed by atoms with van der Waals surface area (Å²) in [4.78, 5) is 28.6. The lowest BCUT2D eigenvalue weighted by Gasteiger charge is -2.34. The molecule has 1 unspecified atom stereocenters. The molecular weight excluding hydrogens is 371 g/mol. The molecule has 2 aromatic rings. The van der Waals surface area contributed by atoms with E-state index in [2.05, 4.69) is 20.4 Å². The highest BCUT2D eigenvalue weighted by Gasteiger charge is 2.21. The van der Waals surface area contributed by atoms with Crippen molar-refractivity contribution in [1.29, 1.82) is 0 Å². The van der Waals surface area contributed by atoms with E-state index < -0.39 is 0 Å². The van der Waals surface area contributed by atoms with Crippen LogP contribution in [0.2, 0.25) is 0 Å². The molecule has 1 saturated heterocycles. The summed E-state index contributed by atoms with van der Waals surface area (Å²) in [6, 6.07) is 15.6. The van der Waals surface area contributed by atoms with Crippen LogP contribution in [0.25, 0.3) is 0 Å². The molecule has 0 radical (unpaired) electrons. The first-order valence-corrected chi connectivity index (χ1v) is 9.84. The topological polar surface area (TPSA) is 64.7 Å². The Balaban J connectivity index is 1.37. The van der Waals surface area contributed by atoms with Crippen molar-refractivity contribution in [2.24, 2.45) is 0 Å². The lowest BCUT2D eigenvalue weighted by Crippen LogP contribution is -2.51. The Bertz CT molecular complexity index is 805. The molecule has 29 heavy (non-hydrogen) atoms. The zero-order valence-corrected chi connectivity index (χ0v) is 16.6. The number of rotatable bonds is 7. The normalized spacial score (nSPS) is 16.2. The van der Waals surface area contributed by atoms with Gasteiger partial charge in [0.15, 0.2) is 0 Å². The summed E-state index contributed by atoms with van der Waals surface area (Å²) in [6.45, 7) is 5.52. The molecule has 0 aromatic heterocycles. The molecule has 0 saturated carbocycles. The highest BCUT2D eigenvalue weighted by Crippen LogP contribution is 2.11. The van der Waals surface area contributed by atoms with Crippen LogP contribution in [0, 0.1) is 5.82 Å². The second-order valence-electron chi connectivity index (χ2n) is 7.31. The van der Waals surface area contributed by atoms with Crippen LogP contribution < -0.4 is 10.6 Å². The van der Waals surface area contributed by atoms with E-state index in [9.17, 15) is 14.0 Å². The van der Waals surface area contributed by atoms with Gasteiger partial charge in [0.1, 0.15) is 5.82 Å². The second kappa shape index (κ2) is 10.1. The third kappa shape index (κ3) is 6.66. The van der Waals surface area contributed by atoms with Crippen molar-refractivity contribution in [3.05, 3.63) is 66.0 Å². The van der Waals surface area contributed by atoms with Gasteiger partial charge in [0.2, 0.25) is 11.8 Å². The first-order chi connectivity index (χ1) is 14.0. The summed E-state index contributed by atoms with van der Waals surface area (Å²) in [5, 5.41) is 5.81. The van der Waals surface area contributed by atoms with Gasteiger partial charge in [-0.2, -0.15) is 0 Å². The highest BCUT2D eigenvalue weighted by molar-refractivity contribution is 5.92. The molecule has 1 fully saturated rings. The maximum atomic E-state index is 12.9. The quantitative estimate of drug-likeness (QED) is 0.751. The molecule has 2 N–H and O–H groups in total. The summed E-state index contributed by atoms with van der Waals surface area (Å²) in [5.41, 5.74) is 1.66. The minimum absolute atomic E-state index is 0.00357. The number of hydrogen-bond acceptors (Lipinski definition) is 4.